The van der Waals surface area contributed by atoms with Crippen molar-refractivity contribution in [2.24, 2.45) is 0 Å². The van der Waals surface area contributed by atoms with Crippen LogP contribution in [0.1, 0.15) is 0 Å². The Morgan fingerprint density at radius 2 is 0.860 bits per heavy atom. The van der Waals surface area contributed by atoms with Crippen molar-refractivity contribution < 1.29 is 0 Å². The lowest BCUT2D eigenvalue weighted by Crippen LogP contribution is -1.93. The largest absolute Gasteiger partial charge is 0.256 e. The van der Waals surface area contributed by atoms with Gasteiger partial charge >= 0.3 is 0 Å². The first-order valence-corrected chi connectivity index (χ1v) is 17.2. The molecule has 0 aliphatic rings. The molecule has 0 spiro atoms. The van der Waals surface area contributed by atoms with Gasteiger partial charge in [-0.3, -0.25) is 4.98 Å². The molecule has 1 aromatic heterocycles. The number of rotatable bonds is 4. The van der Waals surface area contributed by atoms with Crippen molar-refractivity contribution >= 4 is 54.0 Å². The van der Waals surface area contributed by atoms with Crippen LogP contribution >= 0.6 is 0 Å². The minimum atomic E-state index is 1.01. The van der Waals surface area contributed by atoms with Crippen molar-refractivity contribution in [3.05, 3.63) is 188 Å². The van der Waals surface area contributed by atoms with E-state index in [-0.39, 0.29) is 0 Å². The summed E-state index contributed by atoms with van der Waals surface area (Å²) in [7, 11) is 0. The molecular weight excluding hydrogens is 603 g/mol. The lowest BCUT2D eigenvalue weighted by molar-refractivity contribution is 1.41. The average Bonchev–Trinajstić information content (AvgIpc) is 3.19. The Kier molecular flexibility index (Phi) is 6.57. The molecule has 1 heteroatoms. The lowest BCUT2D eigenvalue weighted by Gasteiger charge is -2.20. The summed E-state index contributed by atoms with van der Waals surface area (Å²) in [5.74, 6) is 0. The average molecular weight is 634 g/mol. The molecule has 0 radical (unpaired) electrons. The molecule has 50 heavy (non-hydrogen) atoms. The van der Waals surface area contributed by atoms with Gasteiger partial charge in [-0.05, 0) is 112 Å². The molecule has 0 saturated heterocycles. The van der Waals surface area contributed by atoms with E-state index in [1.54, 1.807) is 0 Å². The summed E-state index contributed by atoms with van der Waals surface area (Å²) in [4.78, 5) is 4.65. The Morgan fingerprint density at radius 1 is 0.280 bits per heavy atom. The normalized spacial score (nSPS) is 11.6. The summed E-state index contributed by atoms with van der Waals surface area (Å²) >= 11 is 0. The predicted octanol–water partition coefficient (Wildman–Crippen LogP) is 13.5. The number of pyridine rings is 1. The maximum atomic E-state index is 4.65. The number of hydrogen-bond acceptors (Lipinski definition) is 1. The number of para-hydroxylation sites is 1. The van der Waals surface area contributed by atoms with Crippen LogP contribution in [0.4, 0.5) is 0 Å². The molecule has 0 aliphatic carbocycles. The molecule has 232 valence electrons. The van der Waals surface area contributed by atoms with E-state index in [9.17, 15) is 0 Å². The van der Waals surface area contributed by atoms with Gasteiger partial charge in [0.25, 0.3) is 0 Å². The molecule has 1 nitrogen and oxygen atoms in total. The van der Waals surface area contributed by atoms with Gasteiger partial charge in [-0.2, -0.15) is 0 Å². The Labute approximate surface area is 290 Å². The standard InChI is InChI=1S/C49H31N/c1-2-13-33(14-3-1)37-26-27-45(39-25-24-35(31-46(37)39)38-28-29-50-47-21-11-10-16-40(38)47)49-43-19-8-6-17-41(43)48(42-18-7-9-20-44(42)49)36-23-22-32-12-4-5-15-34(32)30-36/h1-31H. The molecule has 10 rings (SSSR count). The highest BCUT2D eigenvalue weighted by molar-refractivity contribution is 6.24. The Balaban J connectivity index is 1.29. The van der Waals surface area contributed by atoms with Crippen LogP contribution in [0.3, 0.4) is 0 Å². The van der Waals surface area contributed by atoms with E-state index < -0.39 is 0 Å². The first kappa shape index (κ1) is 28.4. The van der Waals surface area contributed by atoms with Crippen molar-refractivity contribution in [1.82, 2.24) is 4.98 Å². The van der Waals surface area contributed by atoms with Gasteiger partial charge < -0.3 is 0 Å². The van der Waals surface area contributed by atoms with Crippen molar-refractivity contribution in [2.75, 3.05) is 0 Å². The number of fused-ring (bicyclic) bond motifs is 5. The van der Waals surface area contributed by atoms with E-state index in [1.165, 1.54) is 87.6 Å². The molecule has 0 saturated carbocycles. The second kappa shape index (κ2) is 11.5. The van der Waals surface area contributed by atoms with Gasteiger partial charge in [-0.1, -0.05) is 158 Å². The molecule has 0 unspecified atom stereocenters. The molecule has 0 N–H and O–H groups in total. The maximum Gasteiger partial charge on any atom is 0.0708 e. The molecule has 0 bridgehead atoms. The van der Waals surface area contributed by atoms with Crippen LogP contribution in [0.25, 0.3) is 98.5 Å². The van der Waals surface area contributed by atoms with Crippen molar-refractivity contribution in [2.45, 2.75) is 0 Å². The van der Waals surface area contributed by atoms with Crippen LogP contribution in [-0.4, -0.2) is 4.98 Å². The zero-order valence-corrected chi connectivity index (χ0v) is 27.3. The summed E-state index contributed by atoms with van der Waals surface area (Å²) in [6.45, 7) is 0. The molecule has 10 aromatic rings. The fraction of sp³-hybridized carbons (Fsp3) is 0. The first-order valence-electron chi connectivity index (χ1n) is 17.2. The van der Waals surface area contributed by atoms with Crippen LogP contribution in [0.5, 0.6) is 0 Å². The van der Waals surface area contributed by atoms with Crippen LogP contribution in [0, 0.1) is 0 Å². The second-order valence-electron chi connectivity index (χ2n) is 13.1. The van der Waals surface area contributed by atoms with E-state index in [2.05, 4.69) is 187 Å². The summed E-state index contributed by atoms with van der Waals surface area (Å²) in [5, 5.41) is 11.2. The molecule has 1 heterocycles. The molecule has 0 atom stereocenters. The molecular formula is C49H31N. The molecule has 0 amide bonds. The van der Waals surface area contributed by atoms with E-state index in [4.69, 9.17) is 0 Å². The van der Waals surface area contributed by atoms with Gasteiger partial charge in [0, 0.05) is 11.6 Å². The fourth-order valence-electron chi connectivity index (χ4n) is 8.03. The van der Waals surface area contributed by atoms with Crippen molar-refractivity contribution in [1.29, 1.82) is 0 Å². The third-order valence-electron chi connectivity index (χ3n) is 10.3. The number of aromatic nitrogens is 1. The Bertz CT molecular complexity index is 2860. The third kappa shape index (κ3) is 4.52. The maximum absolute atomic E-state index is 4.65. The van der Waals surface area contributed by atoms with E-state index in [0.717, 1.165) is 10.9 Å². The number of benzene rings is 9. The highest BCUT2D eigenvalue weighted by Gasteiger charge is 2.20. The fourth-order valence-corrected chi connectivity index (χ4v) is 8.03. The molecule has 0 aliphatic heterocycles. The topological polar surface area (TPSA) is 12.9 Å². The number of hydrogen-bond donors (Lipinski definition) is 0. The van der Waals surface area contributed by atoms with Gasteiger partial charge in [0.15, 0.2) is 0 Å². The summed E-state index contributed by atoms with van der Waals surface area (Å²) in [5.41, 5.74) is 10.9. The van der Waals surface area contributed by atoms with Gasteiger partial charge in [-0.25, -0.2) is 0 Å². The first-order chi connectivity index (χ1) is 24.8. The van der Waals surface area contributed by atoms with Gasteiger partial charge in [-0.15, -0.1) is 0 Å². The highest BCUT2D eigenvalue weighted by atomic mass is 14.6. The zero-order chi connectivity index (χ0) is 33.0. The Morgan fingerprint density at radius 3 is 1.62 bits per heavy atom. The Hall–Kier alpha value is -6.57. The van der Waals surface area contributed by atoms with Crippen LogP contribution in [0.2, 0.25) is 0 Å². The minimum Gasteiger partial charge on any atom is -0.256 e. The minimum absolute atomic E-state index is 1.01. The van der Waals surface area contributed by atoms with Crippen LogP contribution in [-0.2, 0) is 0 Å². The molecule has 9 aromatic carbocycles. The predicted molar refractivity (Wildman–Crippen MR) is 214 cm³/mol. The third-order valence-corrected chi connectivity index (χ3v) is 10.3. The van der Waals surface area contributed by atoms with Gasteiger partial charge in [0.1, 0.15) is 0 Å². The van der Waals surface area contributed by atoms with E-state index in [0.29, 0.717) is 0 Å². The van der Waals surface area contributed by atoms with E-state index in [1.807, 2.05) is 6.20 Å². The van der Waals surface area contributed by atoms with Gasteiger partial charge in [0.2, 0.25) is 0 Å². The zero-order valence-electron chi connectivity index (χ0n) is 27.3. The smallest absolute Gasteiger partial charge is 0.0708 e. The summed E-state index contributed by atoms with van der Waals surface area (Å²) in [6.07, 6.45) is 1.92. The molecule has 0 fully saturated rings. The van der Waals surface area contributed by atoms with E-state index >= 15 is 0 Å². The number of nitrogens with zero attached hydrogens (tertiary/aromatic N) is 1. The lowest BCUT2D eigenvalue weighted by atomic mass is 9.83. The quantitative estimate of drug-likeness (QED) is 0.176. The van der Waals surface area contributed by atoms with Crippen molar-refractivity contribution in [3.63, 3.8) is 0 Å². The monoisotopic (exact) mass is 633 g/mol. The summed E-state index contributed by atoms with van der Waals surface area (Å²) < 4.78 is 0. The SMILES string of the molecule is c1ccc(-c2ccc(-c3c4ccccc4c(-c4ccc5ccccc5c4)c4ccccc34)c3ccc(-c4ccnc5ccccc45)cc23)cc1. The van der Waals surface area contributed by atoms with Crippen LogP contribution in [0.15, 0.2) is 188 Å². The van der Waals surface area contributed by atoms with Crippen LogP contribution < -0.4 is 0 Å². The summed E-state index contributed by atoms with van der Waals surface area (Å²) in [6, 6.07) is 66.4. The highest BCUT2D eigenvalue weighted by Crippen LogP contribution is 2.47. The van der Waals surface area contributed by atoms with Crippen molar-refractivity contribution in [3.8, 4) is 44.5 Å². The second-order valence-corrected chi connectivity index (χ2v) is 13.1. The van der Waals surface area contributed by atoms with Gasteiger partial charge in [0.05, 0.1) is 5.52 Å².